The normalized spacial score (nSPS) is 10.5. The smallest absolute Gasteiger partial charge is 0.261 e. The minimum Gasteiger partial charge on any atom is -0.351 e. The van der Waals surface area contributed by atoms with Crippen LogP contribution in [0.25, 0.3) is 16.9 Å². The molecule has 0 bridgehead atoms. The van der Waals surface area contributed by atoms with Crippen molar-refractivity contribution in [3.05, 3.63) is 89.1 Å². The summed E-state index contributed by atoms with van der Waals surface area (Å²) < 4.78 is 1.71. The summed E-state index contributed by atoms with van der Waals surface area (Å²) in [4.78, 5) is 25.1. The third-order valence-corrected chi connectivity index (χ3v) is 5.30. The summed E-state index contributed by atoms with van der Waals surface area (Å²) in [6.07, 6.45) is 0.164. The third-order valence-electron chi connectivity index (χ3n) is 4.43. The number of carbonyl (C=O) groups is 2. The highest BCUT2D eigenvalue weighted by Crippen LogP contribution is 2.24. The van der Waals surface area contributed by atoms with Crippen LogP contribution in [0, 0.1) is 0 Å². The Labute approximate surface area is 178 Å². The molecule has 0 saturated carbocycles. The van der Waals surface area contributed by atoms with Gasteiger partial charge >= 0.3 is 0 Å². The van der Waals surface area contributed by atoms with Gasteiger partial charge in [0.2, 0.25) is 5.91 Å². The minimum atomic E-state index is -0.196. The summed E-state index contributed by atoms with van der Waals surface area (Å²) in [6.45, 7) is 0.258. The van der Waals surface area contributed by atoms with Crippen molar-refractivity contribution >= 4 is 29.0 Å². The maximum absolute atomic E-state index is 12.5. The van der Waals surface area contributed by atoms with Crippen LogP contribution in [0.15, 0.2) is 84.2 Å². The molecule has 0 radical (unpaired) electrons. The number of nitrogens with one attached hydrogen (secondary N) is 2. The molecule has 0 aliphatic carbocycles. The van der Waals surface area contributed by atoms with Crippen LogP contribution in [0.3, 0.4) is 0 Å². The van der Waals surface area contributed by atoms with Gasteiger partial charge in [0.25, 0.3) is 5.91 Å². The number of hydrogen-bond acceptors (Lipinski definition) is 4. The predicted molar refractivity (Wildman–Crippen MR) is 119 cm³/mol. The SMILES string of the molecule is O=C(CCNC(=O)c1cccs1)Nc1cc(-c2ccccc2)nn1-c1ccccc1. The standard InChI is InChI=1S/C23H20N4O2S/c28-22(13-14-24-23(29)20-12-7-15-30-20)25-21-16-19(17-8-3-1-4-9-17)26-27(21)18-10-5-2-6-11-18/h1-12,15-16H,13-14H2,(H,24,29)(H,25,28). The second-order valence-corrected chi connectivity index (χ2v) is 7.51. The number of carbonyl (C=O) groups excluding carboxylic acids is 2. The first kappa shape index (κ1) is 19.6. The van der Waals surface area contributed by atoms with E-state index < -0.39 is 0 Å². The Balaban J connectivity index is 1.47. The number of aromatic nitrogens is 2. The Morgan fingerprint density at radius 3 is 2.37 bits per heavy atom. The van der Waals surface area contributed by atoms with Crippen molar-refractivity contribution in [2.24, 2.45) is 0 Å². The maximum Gasteiger partial charge on any atom is 0.261 e. The van der Waals surface area contributed by atoms with Gasteiger partial charge in [-0.1, -0.05) is 54.6 Å². The Bertz CT molecular complexity index is 1120. The molecule has 2 amide bonds. The van der Waals surface area contributed by atoms with Gasteiger partial charge < -0.3 is 10.6 Å². The number of amides is 2. The van der Waals surface area contributed by atoms with E-state index in [-0.39, 0.29) is 24.8 Å². The molecule has 0 unspecified atom stereocenters. The molecule has 2 N–H and O–H groups in total. The van der Waals surface area contributed by atoms with Gasteiger partial charge in [-0.05, 0) is 23.6 Å². The molecule has 30 heavy (non-hydrogen) atoms. The van der Waals surface area contributed by atoms with Gasteiger partial charge in [0, 0.05) is 24.6 Å². The van der Waals surface area contributed by atoms with Crippen LogP contribution >= 0.6 is 11.3 Å². The lowest BCUT2D eigenvalue weighted by molar-refractivity contribution is -0.116. The number of rotatable bonds is 7. The first-order valence-electron chi connectivity index (χ1n) is 9.53. The maximum atomic E-state index is 12.5. The van der Waals surface area contributed by atoms with Crippen LogP contribution < -0.4 is 10.6 Å². The van der Waals surface area contributed by atoms with E-state index in [9.17, 15) is 9.59 Å². The molecular formula is C23H20N4O2S. The van der Waals surface area contributed by atoms with Crippen molar-refractivity contribution in [3.63, 3.8) is 0 Å². The fourth-order valence-electron chi connectivity index (χ4n) is 2.98. The monoisotopic (exact) mass is 416 g/mol. The number of benzene rings is 2. The van der Waals surface area contributed by atoms with Crippen molar-refractivity contribution in [3.8, 4) is 16.9 Å². The molecule has 6 nitrogen and oxygen atoms in total. The summed E-state index contributed by atoms with van der Waals surface area (Å²) >= 11 is 1.37. The van der Waals surface area contributed by atoms with Crippen LogP contribution in [-0.2, 0) is 4.79 Å². The highest BCUT2D eigenvalue weighted by Gasteiger charge is 2.14. The van der Waals surface area contributed by atoms with Crippen molar-refractivity contribution in [1.82, 2.24) is 15.1 Å². The van der Waals surface area contributed by atoms with Crippen LogP contribution in [0.4, 0.5) is 5.82 Å². The molecule has 4 aromatic rings. The van der Waals surface area contributed by atoms with Crippen molar-refractivity contribution in [1.29, 1.82) is 0 Å². The minimum absolute atomic E-state index is 0.164. The average Bonchev–Trinajstić information content (AvgIpc) is 3.45. The summed E-state index contributed by atoms with van der Waals surface area (Å²) in [5, 5.41) is 12.2. The number of hydrogen-bond donors (Lipinski definition) is 2. The van der Waals surface area contributed by atoms with Crippen molar-refractivity contribution in [2.45, 2.75) is 6.42 Å². The molecule has 4 rings (SSSR count). The second kappa shape index (κ2) is 9.19. The van der Waals surface area contributed by atoms with E-state index in [0.717, 1.165) is 16.9 Å². The van der Waals surface area contributed by atoms with Crippen LogP contribution in [0.5, 0.6) is 0 Å². The predicted octanol–water partition coefficient (Wildman–Crippen LogP) is 4.36. The van der Waals surface area contributed by atoms with Crippen LogP contribution in [0.1, 0.15) is 16.1 Å². The topological polar surface area (TPSA) is 76.0 Å². The molecular weight excluding hydrogens is 396 g/mol. The van der Waals surface area contributed by atoms with Gasteiger partial charge in [-0.3, -0.25) is 9.59 Å². The fraction of sp³-hybridized carbons (Fsp3) is 0.0870. The van der Waals surface area contributed by atoms with E-state index >= 15 is 0 Å². The van der Waals surface area contributed by atoms with Gasteiger partial charge in [0.1, 0.15) is 5.82 Å². The van der Waals surface area contributed by atoms with Crippen molar-refractivity contribution < 1.29 is 9.59 Å². The molecule has 2 aromatic carbocycles. The van der Waals surface area contributed by atoms with E-state index in [1.165, 1.54) is 11.3 Å². The first-order chi connectivity index (χ1) is 14.7. The Hall–Kier alpha value is -3.71. The Kier molecular flexibility index (Phi) is 6.01. The molecule has 150 valence electrons. The van der Waals surface area contributed by atoms with Crippen molar-refractivity contribution in [2.75, 3.05) is 11.9 Å². The van der Waals surface area contributed by atoms with Gasteiger partial charge in [-0.2, -0.15) is 5.10 Å². The number of anilines is 1. The highest BCUT2D eigenvalue weighted by molar-refractivity contribution is 7.12. The molecule has 0 aliphatic rings. The second-order valence-electron chi connectivity index (χ2n) is 6.56. The fourth-order valence-corrected chi connectivity index (χ4v) is 3.62. The summed E-state index contributed by atoms with van der Waals surface area (Å²) in [7, 11) is 0. The summed E-state index contributed by atoms with van der Waals surface area (Å²) in [6, 6.07) is 24.9. The molecule has 0 fully saturated rings. The van der Waals surface area contributed by atoms with Gasteiger partial charge in [0.05, 0.1) is 16.3 Å². The van der Waals surface area contributed by atoms with E-state index in [4.69, 9.17) is 0 Å². The van der Waals surface area contributed by atoms with E-state index in [2.05, 4.69) is 15.7 Å². The quantitative estimate of drug-likeness (QED) is 0.470. The third kappa shape index (κ3) is 4.64. The van der Waals surface area contributed by atoms with Gasteiger partial charge in [-0.15, -0.1) is 11.3 Å². The van der Waals surface area contributed by atoms with Gasteiger partial charge in [0.15, 0.2) is 0 Å². The van der Waals surface area contributed by atoms with E-state index in [0.29, 0.717) is 10.7 Å². The lowest BCUT2D eigenvalue weighted by Gasteiger charge is -2.09. The zero-order valence-corrected chi connectivity index (χ0v) is 16.9. The lowest BCUT2D eigenvalue weighted by atomic mass is 10.1. The van der Waals surface area contributed by atoms with Crippen LogP contribution in [-0.4, -0.2) is 28.1 Å². The van der Waals surface area contributed by atoms with E-state index in [1.54, 1.807) is 10.7 Å². The first-order valence-corrected chi connectivity index (χ1v) is 10.4. The largest absolute Gasteiger partial charge is 0.351 e. The molecule has 7 heteroatoms. The molecule has 2 heterocycles. The number of nitrogens with zero attached hydrogens (tertiary/aromatic N) is 2. The average molecular weight is 417 g/mol. The Morgan fingerprint density at radius 2 is 1.67 bits per heavy atom. The number of thiophene rings is 1. The molecule has 0 atom stereocenters. The van der Waals surface area contributed by atoms with Gasteiger partial charge in [-0.25, -0.2) is 4.68 Å². The zero-order chi connectivity index (χ0) is 20.8. The number of para-hydroxylation sites is 1. The lowest BCUT2D eigenvalue weighted by Crippen LogP contribution is -2.27. The zero-order valence-electron chi connectivity index (χ0n) is 16.1. The summed E-state index contributed by atoms with van der Waals surface area (Å²) in [5.41, 5.74) is 2.58. The Morgan fingerprint density at radius 1 is 0.933 bits per heavy atom. The molecule has 0 aliphatic heterocycles. The summed E-state index contributed by atoms with van der Waals surface area (Å²) in [5.74, 6) is 0.214. The van der Waals surface area contributed by atoms with Crippen LogP contribution in [0.2, 0.25) is 0 Å². The molecule has 0 saturated heterocycles. The van der Waals surface area contributed by atoms with E-state index in [1.807, 2.05) is 78.2 Å². The molecule has 0 spiro atoms. The molecule has 2 aromatic heterocycles. The highest BCUT2D eigenvalue weighted by atomic mass is 32.1.